The van der Waals surface area contributed by atoms with Crippen molar-refractivity contribution < 1.29 is 28.6 Å². The topological polar surface area (TPSA) is 154 Å². The summed E-state index contributed by atoms with van der Waals surface area (Å²) in [6.45, 7) is 21.8. The van der Waals surface area contributed by atoms with Gasteiger partial charge in [0.2, 0.25) is 17.8 Å². The molecule has 1 aromatic rings. The van der Waals surface area contributed by atoms with Crippen molar-refractivity contribution in [3.05, 3.63) is 0 Å². The monoisotopic (exact) mass is 552 g/mol. The van der Waals surface area contributed by atoms with Crippen LogP contribution in [0.25, 0.3) is 0 Å². The fourth-order valence-corrected chi connectivity index (χ4v) is 3.40. The fraction of sp³-hybridized carbons (Fsp3) is 0.778. The van der Waals surface area contributed by atoms with E-state index in [4.69, 9.17) is 14.2 Å². The van der Waals surface area contributed by atoms with Gasteiger partial charge in [-0.2, -0.15) is 15.0 Å². The lowest BCUT2D eigenvalue weighted by molar-refractivity contribution is -0.150. The Morgan fingerprint density at radius 1 is 0.462 bits per heavy atom. The molecule has 1 rings (SSSR count). The molecule has 1 aromatic heterocycles. The Morgan fingerprint density at radius 3 is 0.821 bits per heavy atom. The molecule has 12 nitrogen and oxygen atoms in total. The molecule has 0 bridgehead atoms. The lowest BCUT2D eigenvalue weighted by atomic mass is 10.0. The van der Waals surface area contributed by atoms with Gasteiger partial charge in [0.05, 0.1) is 18.3 Å². The van der Waals surface area contributed by atoms with Crippen molar-refractivity contribution in [2.24, 2.45) is 17.8 Å². The van der Waals surface area contributed by atoms with Crippen LogP contribution in [0.1, 0.15) is 83.1 Å². The van der Waals surface area contributed by atoms with E-state index in [-0.39, 0.29) is 53.9 Å². The van der Waals surface area contributed by atoms with Crippen LogP contribution in [-0.4, -0.2) is 69.3 Å². The van der Waals surface area contributed by atoms with E-state index in [2.05, 4.69) is 30.9 Å². The van der Waals surface area contributed by atoms with Gasteiger partial charge in [-0.3, -0.25) is 0 Å². The van der Waals surface area contributed by atoms with Gasteiger partial charge in [0, 0.05) is 0 Å². The normalized spacial score (nSPS) is 14.0. The second-order valence-electron chi connectivity index (χ2n) is 11.4. The zero-order chi connectivity index (χ0) is 30.0. The Morgan fingerprint density at radius 2 is 0.667 bits per heavy atom. The van der Waals surface area contributed by atoms with Crippen LogP contribution >= 0.6 is 0 Å². The third-order valence-electron chi connectivity index (χ3n) is 5.31. The largest absolute Gasteiger partial charge is 0.461 e. The first kappa shape index (κ1) is 33.8. The van der Waals surface area contributed by atoms with Gasteiger partial charge >= 0.3 is 17.9 Å². The summed E-state index contributed by atoms with van der Waals surface area (Å²) in [6, 6.07) is -2.27. The number of carbonyl (C=O) groups excluding carboxylic acids is 3. The number of nitrogens with zero attached hydrogens (tertiary/aromatic N) is 3. The van der Waals surface area contributed by atoms with Crippen LogP contribution in [0.3, 0.4) is 0 Å². The molecule has 0 spiro atoms. The highest BCUT2D eigenvalue weighted by atomic mass is 16.6. The van der Waals surface area contributed by atoms with Gasteiger partial charge in [-0.15, -0.1) is 0 Å². The second kappa shape index (κ2) is 15.4. The van der Waals surface area contributed by atoms with Crippen LogP contribution in [0.15, 0.2) is 0 Å². The van der Waals surface area contributed by atoms with E-state index in [1.54, 1.807) is 41.5 Å². The Hall–Kier alpha value is -3.18. The van der Waals surface area contributed by atoms with Crippen LogP contribution in [0.4, 0.5) is 17.8 Å². The van der Waals surface area contributed by atoms with Gasteiger partial charge < -0.3 is 30.2 Å². The lowest BCUT2D eigenvalue weighted by Gasteiger charge is -2.25. The van der Waals surface area contributed by atoms with E-state index < -0.39 is 36.0 Å². The van der Waals surface area contributed by atoms with Gasteiger partial charge in [-0.05, 0) is 59.3 Å². The number of hydrogen-bond acceptors (Lipinski definition) is 12. The minimum atomic E-state index is -0.755. The minimum Gasteiger partial charge on any atom is -0.461 e. The summed E-state index contributed by atoms with van der Waals surface area (Å²) in [7, 11) is 0. The van der Waals surface area contributed by atoms with Gasteiger partial charge in [0.15, 0.2) is 0 Å². The Balaban J connectivity index is 3.51. The zero-order valence-electron chi connectivity index (χ0n) is 25.5. The van der Waals surface area contributed by atoms with Crippen molar-refractivity contribution in [3.63, 3.8) is 0 Å². The van der Waals surface area contributed by atoms with E-state index in [9.17, 15) is 14.4 Å². The molecule has 0 amide bonds. The molecule has 0 aliphatic heterocycles. The van der Waals surface area contributed by atoms with E-state index in [0.717, 1.165) is 0 Å². The molecule has 0 fully saturated rings. The summed E-state index contributed by atoms with van der Waals surface area (Å²) in [5.74, 6) is -1.64. The quantitative estimate of drug-likeness (QED) is 0.212. The summed E-state index contributed by atoms with van der Waals surface area (Å²) in [6.07, 6.45) is -0.900. The van der Waals surface area contributed by atoms with Gasteiger partial charge in [0.1, 0.15) is 18.1 Å². The van der Waals surface area contributed by atoms with Gasteiger partial charge in [0.25, 0.3) is 0 Å². The summed E-state index contributed by atoms with van der Waals surface area (Å²) in [5.41, 5.74) is 0. The predicted octanol–water partition coefficient (Wildman–Crippen LogP) is 4.04. The van der Waals surface area contributed by atoms with Crippen molar-refractivity contribution in [3.8, 4) is 0 Å². The number of ether oxygens (including phenoxy) is 3. The number of nitrogens with one attached hydrogen (secondary N) is 3. The standard InChI is InChI=1S/C27H48N6O6/c1-13(2)19(22(34)37-16(7)8)28-25-31-26(29-20(14(3)4)23(35)38-17(9)10)33-27(32-25)30-21(15(5)6)24(36)39-18(11)12/h13-21H,1-12H3,(H3,28,29,30,31,32,33). The Labute approximate surface area is 232 Å². The van der Waals surface area contributed by atoms with E-state index in [1.807, 2.05) is 41.5 Å². The van der Waals surface area contributed by atoms with Crippen LogP contribution in [0.2, 0.25) is 0 Å². The molecular weight excluding hydrogens is 504 g/mol. The maximum atomic E-state index is 12.8. The molecule has 0 radical (unpaired) electrons. The smallest absolute Gasteiger partial charge is 0.329 e. The average Bonchev–Trinajstić information content (AvgIpc) is 2.77. The van der Waals surface area contributed by atoms with Crippen LogP contribution in [-0.2, 0) is 28.6 Å². The molecule has 0 aliphatic rings. The molecule has 12 heteroatoms. The molecule has 0 aromatic carbocycles. The Bertz CT molecular complexity index is 819. The molecule has 1 heterocycles. The number of carbonyl (C=O) groups is 3. The predicted molar refractivity (Wildman–Crippen MR) is 150 cm³/mol. The number of esters is 3. The maximum Gasteiger partial charge on any atom is 0.329 e. The summed E-state index contributed by atoms with van der Waals surface area (Å²) < 4.78 is 16.2. The number of aromatic nitrogens is 3. The van der Waals surface area contributed by atoms with E-state index >= 15 is 0 Å². The molecule has 0 saturated heterocycles. The number of hydrogen-bond donors (Lipinski definition) is 3. The first-order valence-electron chi connectivity index (χ1n) is 13.7. The zero-order valence-corrected chi connectivity index (χ0v) is 25.5. The van der Waals surface area contributed by atoms with E-state index in [0.29, 0.717) is 0 Å². The summed E-state index contributed by atoms with van der Waals surface area (Å²) >= 11 is 0. The molecule has 0 aliphatic carbocycles. The van der Waals surface area contributed by atoms with Crippen molar-refractivity contribution in [2.75, 3.05) is 16.0 Å². The van der Waals surface area contributed by atoms with Crippen molar-refractivity contribution in [1.29, 1.82) is 0 Å². The molecule has 222 valence electrons. The third-order valence-corrected chi connectivity index (χ3v) is 5.31. The highest BCUT2D eigenvalue weighted by Crippen LogP contribution is 2.19. The highest BCUT2D eigenvalue weighted by molar-refractivity contribution is 5.81. The van der Waals surface area contributed by atoms with Crippen LogP contribution in [0.5, 0.6) is 0 Å². The molecule has 39 heavy (non-hydrogen) atoms. The molecule has 3 atom stereocenters. The van der Waals surface area contributed by atoms with E-state index in [1.165, 1.54) is 0 Å². The van der Waals surface area contributed by atoms with Crippen molar-refractivity contribution >= 4 is 35.8 Å². The van der Waals surface area contributed by atoms with Crippen molar-refractivity contribution in [2.45, 2.75) is 120 Å². The fourth-order valence-electron chi connectivity index (χ4n) is 3.40. The molecular formula is C27H48N6O6. The first-order chi connectivity index (χ1) is 18.0. The molecule has 3 N–H and O–H groups in total. The van der Waals surface area contributed by atoms with Crippen LogP contribution in [0, 0.1) is 17.8 Å². The average molecular weight is 553 g/mol. The SMILES string of the molecule is CC(C)OC(=O)C(Nc1nc(NC(C(=O)OC(C)C)C(C)C)nc(NC(C(=O)OC(C)C)C(C)C)n1)C(C)C. The summed E-state index contributed by atoms with van der Waals surface area (Å²) in [5, 5.41) is 9.13. The maximum absolute atomic E-state index is 12.8. The van der Waals surface area contributed by atoms with Crippen LogP contribution < -0.4 is 16.0 Å². The Kier molecular flexibility index (Phi) is 13.4. The lowest BCUT2D eigenvalue weighted by Crippen LogP contribution is -2.40. The van der Waals surface area contributed by atoms with Gasteiger partial charge in [-0.25, -0.2) is 14.4 Å². The third kappa shape index (κ3) is 11.6. The summed E-state index contributed by atoms with van der Waals surface area (Å²) in [4.78, 5) is 51.6. The second-order valence-corrected chi connectivity index (χ2v) is 11.4. The highest BCUT2D eigenvalue weighted by Gasteiger charge is 2.30. The van der Waals surface area contributed by atoms with Gasteiger partial charge in [-0.1, -0.05) is 41.5 Å². The molecule has 3 unspecified atom stereocenters. The molecule has 0 saturated carbocycles. The van der Waals surface area contributed by atoms with Crippen molar-refractivity contribution in [1.82, 2.24) is 15.0 Å². The number of anilines is 3. The first-order valence-corrected chi connectivity index (χ1v) is 13.7. The minimum absolute atomic E-state index is 0.0638. The number of rotatable bonds is 15.